The van der Waals surface area contributed by atoms with Gasteiger partial charge in [0.2, 0.25) is 0 Å². The summed E-state index contributed by atoms with van der Waals surface area (Å²) in [6.45, 7) is 0.754. The molecule has 3 rings (SSSR count). The van der Waals surface area contributed by atoms with Crippen molar-refractivity contribution in [3.63, 3.8) is 0 Å². The smallest absolute Gasteiger partial charge is 0.253 e. The maximum atomic E-state index is 12.5. The number of nitrogens with one attached hydrogen (secondary N) is 1. The van der Waals surface area contributed by atoms with Gasteiger partial charge in [0.05, 0.1) is 16.1 Å². The largest absolute Gasteiger partial charge is 0.352 e. The van der Waals surface area contributed by atoms with Crippen molar-refractivity contribution >= 4 is 28.4 Å². The highest BCUT2D eigenvalue weighted by atomic mass is 35.5. The van der Waals surface area contributed by atoms with E-state index < -0.39 is 0 Å². The average Bonchev–Trinajstić information content (AvgIpc) is 2.87. The zero-order chi connectivity index (χ0) is 15.5. The zero-order valence-corrected chi connectivity index (χ0v) is 13.8. The third kappa shape index (κ3) is 3.14. The van der Waals surface area contributed by atoms with Gasteiger partial charge in [-0.15, -0.1) is 0 Å². The molecule has 1 amide bonds. The van der Waals surface area contributed by atoms with E-state index in [1.807, 2.05) is 36.0 Å². The number of carbonyl (C=O) groups is 1. The highest BCUT2D eigenvalue weighted by molar-refractivity contribution is 6.36. The molecule has 0 saturated heterocycles. The SMILES string of the molecule is Cn1cc(C(=O)NCCC2CCCCC2)c2c(Cl)cccc21. The summed E-state index contributed by atoms with van der Waals surface area (Å²) in [6, 6.07) is 5.73. The molecule has 1 fully saturated rings. The predicted molar refractivity (Wildman–Crippen MR) is 91.5 cm³/mol. The standard InChI is InChI=1S/C18H23ClN2O/c1-21-12-14(17-15(19)8-5-9-16(17)21)18(22)20-11-10-13-6-3-2-4-7-13/h5,8-9,12-13H,2-4,6-7,10-11H2,1H3,(H,20,22). The Labute approximate surface area is 136 Å². The molecule has 1 N–H and O–H groups in total. The molecule has 0 bridgehead atoms. The van der Waals surface area contributed by atoms with Gasteiger partial charge in [0.25, 0.3) is 5.91 Å². The third-order valence-corrected chi connectivity index (χ3v) is 5.09. The summed E-state index contributed by atoms with van der Waals surface area (Å²) in [7, 11) is 1.94. The first-order chi connectivity index (χ1) is 10.7. The second-order valence-electron chi connectivity index (χ2n) is 6.34. The van der Waals surface area contributed by atoms with E-state index in [-0.39, 0.29) is 5.91 Å². The van der Waals surface area contributed by atoms with E-state index in [1.54, 1.807) is 0 Å². The van der Waals surface area contributed by atoms with Gasteiger partial charge in [0.15, 0.2) is 0 Å². The van der Waals surface area contributed by atoms with Crippen molar-refractivity contribution in [1.29, 1.82) is 0 Å². The molecule has 22 heavy (non-hydrogen) atoms. The van der Waals surface area contributed by atoms with Crippen molar-refractivity contribution < 1.29 is 4.79 Å². The molecule has 1 aromatic heterocycles. The van der Waals surface area contributed by atoms with Crippen LogP contribution >= 0.6 is 11.6 Å². The van der Waals surface area contributed by atoms with Crippen LogP contribution in [0.1, 0.15) is 48.9 Å². The van der Waals surface area contributed by atoms with E-state index in [4.69, 9.17) is 11.6 Å². The number of fused-ring (bicyclic) bond motifs is 1. The van der Waals surface area contributed by atoms with E-state index in [2.05, 4.69) is 5.32 Å². The molecule has 1 aromatic carbocycles. The molecule has 0 spiro atoms. The van der Waals surface area contributed by atoms with Gasteiger partial charge in [0.1, 0.15) is 0 Å². The number of carbonyl (C=O) groups excluding carboxylic acids is 1. The van der Waals surface area contributed by atoms with Crippen LogP contribution in [0.2, 0.25) is 5.02 Å². The van der Waals surface area contributed by atoms with E-state index in [1.165, 1.54) is 32.1 Å². The number of aryl methyl sites for hydroxylation is 1. The molecule has 0 radical (unpaired) electrons. The van der Waals surface area contributed by atoms with Gasteiger partial charge in [-0.25, -0.2) is 0 Å². The van der Waals surface area contributed by atoms with Crippen molar-refractivity contribution in [3.05, 3.63) is 35.0 Å². The Hall–Kier alpha value is -1.48. The van der Waals surface area contributed by atoms with Gasteiger partial charge in [0, 0.05) is 25.2 Å². The van der Waals surface area contributed by atoms with Gasteiger partial charge in [-0.05, 0) is 24.5 Å². The van der Waals surface area contributed by atoms with E-state index >= 15 is 0 Å². The zero-order valence-electron chi connectivity index (χ0n) is 13.1. The predicted octanol–water partition coefficient (Wildman–Crippen LogP) is 4.53. The minimum atomic E-state index is -0.0190. The lowest BCUT2D eigenvalue weighted by Crippen LogP contribution is -2.26. The van der Waals surface area contributed by atoms with Crippen LogP contribution in [0.3, 0.4) is 0 Å². The van der Waals surface area contributed by atoms with Crippen molar-refractivity contribution in [1.82, 2.24) is 9.88 Å². The minimum absolute atomic E-state index is 0.0190. The quantitative estimate of drug-likeness (QED) is 0.882. The minimum Gasteiger partial charge on any atom is -0.352 e. The first kappa shape index (κ1) is 15.4. The Morgan fingerprint density at radius 3 is 2.86 bits per heavy atom. The monoisotopic (exact) mass is 318 g/mol. The number of benzene rings is 1. The number of nitrogens with zero attached hydrogens (tertiary/aromatic N) is 1. The van der Waals surface area contributed by atoms with Gasteiger partial charge >= 0.3 is 0 Å². The molecule has 118 valence electrons. The molecular weight excluding hydrogens is 296 g/mol. The van der Waals surface area contributed by atoms with E-state index in [0.29, 0.717) is 10.6 Å². The summed E-state index contributed by atoms with van der Waals surface area (Å²) in [5.74, 6) is 0.764. The van der Waals surface area contributed by atoms with Crippen LogP contribution in [0, 0.1) is 5.92 Å². The third-order valence-electron chi connectivity index (χ3n) is 4.77. The summed E-state index contributed by atoms with van der Waals surface area (Å²) in [6.07, 6.45) is 9.65. The molecular formula is C18H23ClN2O. The number of halogens is 1. The second kappa shape index (κ2) is 6.74. The molecule has 1 aliphatic carbocycles. The average molecular weight is 319 g/mol. The molecule has 0 aliphatic heterocycles. The van der Waals surface area contributed by atoms with E-state index in [9.17, 15) is 4.79 Å². The molecule has 0 unspecified atom stereocenters. The van der Waals surface area contributed by atoms with Gasteiger partial charge in [-0.2, -0.15) is 0 Å². The summed E-state index contributed by atoms with van der Waals surface area (Å²) < 4.78 is 1.96. The van der Waals surface area contributed by atoms with Crippen LogP contribution < -0.4 is 5.32 Å². The van der Waals surface area contributed by atoms with Crippen LogP contribution in [-0.2, 0) is 7.05 Å². The fourth-order valence-corrected chi connectivity index (χ4v) is 3.81. The number of rotatable bonds is 4. The number of hydrogen-bond donors (Lipinski definition) is 1. The van der Waals surface area contributed by atoms with Crippen LogP contribution in [0.25, 0.3) is 10.9 Å². The van der Waals surface area contributed by atoms with Crippen LogP contribution in [0.15, 0.2) is 24.4 Å². The molecule has 0 atom stereocenters. The van der Waals surface area contributed by atoms with Gasteiger partial charge in [-0.3, -0.25) is 4.79 Å². The van der Waals surface area contributed by atoms with Crippen LogP contribution in [-0.4, -0.2) is 17.0 Å². The normalized spacial score (nSPS) is 16.1. The maximum absolute atomic E-state index is 12.5. The number of hydrogen-bond acceptors (Lipinski definition) is 1. The summed E-state index contributed by atoms with van der Waals surface area (Å²) in [4.78, 5) is 12.5. The molecule has 1 heterocycles. The van der Waals surface area contributed by atoms with Crippen molar-refractivity contribution in [2.75, 3.05) is 6.54 Å². The lowest BCUT2D eigenvalue weighted by molar-refractivity contribution is 0.0952. The Morgan fingerprint density at radius 2 is 2.09 bits per heavy atom. The Bertz CT molecular complexity index is 671. The topological polar surface area (TPSA) is 34.0 Å². The Morgan fingerprint density at radius 1 is 1.32 bits per heavy atom. The highest BCUT2D eigenvalue weighted by Gasteiger charge is 2.17. The number of aromatic nitrogens is 1. The Balaban J connectivity index is 1.67. The van der Waals surface area contributed by atoms with E-state index in [0.717, 1.165) is 29.8 Å². The lowest BCUT2D eigenvalue weighted by atomic mass is 9.87. The highest BCUT2D eigenvalue weighted by Crippen LogP contribution is 2.28. The van der Waals surface area contributed by atoms with Crippen molar-refractivity contribution in [2.24, 2.45) is 13.0 Å². The molecule has 2 aromatic rings. The maximum Gasteiger partial charge on any atom is 0.253 e. The second-order valence-corrected chi connectivity index (χ2v) is 6.74. The van der Waals surface area contributed by atoms with Crippen molar-refractivity contribution in [2.45, 2.75) is 38.5 Å². The lowest BCUT2D eigenvalue weighted by Gasteiger charge is -2.21. The molecule has 3 nitrogen and oxygen atoms in total. The van der Waals surface area contributed by atoms with Gasteiger partial charge in [-0.1, -0.05) is 49.8 Å². The van der Waals surface area contributed by atoms with Crippen LogP contribution in [0.5, 0.6) is 0 Å². The van der Waals surface area contributed by atoms with Gasteiger partial charge < -0.3 is 9.88 Å². The van der Waals surface area contributed by atoms with Crippen molar-refractivity contribution in [3.8, 4) is 0 Å². The summed E-state index contributed by atoms with van der Waals surface area (Å²) in [5, 5.41) is 4.55. The first-order valence-corrected chi connectivity index (χ1v) is 8.56. The molecule has 1 saturated carbocycles. The Kier molecular flexibility index (Phi) is 4.72. The fraction of sp³-hybridized carbons (Fsp3) is 0.500. The summed E-state index contributed by atoms with van der Waals surface area (Å²) >= 11 is 6.28. The summed E-state index contributed by atoms with van der Waals surface area (Å²) in [5.41, 5.74) is 1.66. The number of amides is 1. The first-order valence-electron chi connectivity index (χ1n) is 8.18. The molecule has 1 aliphatic rings. The molecule has 4 heteroatoms. The van der Waals surface area contributed by atoms with Crippen LogP contribution in [0.4, 0.5) is 0 Å². The fourth-order valence-electron chi connectivity index (χ4n) is 3.53.